The lowest BCUT2D eigenvalue weighted by atomic mass is 10.1. The first-order chi connectivity index (χ1) is 14.4. The number of nitrogens with one attached hydrogen (secondary N) is 2. The van der Waals surface area contributed by atoms with Crippen molar-refractivity contribution in [1.82, 2.24) is 15.2 Å². The van der Waals surface area contributed by atoms with Gasteiger partial charge in [0.05, 0.1) is 13.7 Å². The zero-order valence-corrected chi connectivity index (χ0v) is 18.8. The zero-order chi connectivity index (χ0) is 21.7. The molecule has 158 valence electrons. The molecule has 2 N–H and O–H groups in total. The van der Waals surface area contributed by atoms with E-state index in [0.29, 0.717) is 29.7 Å². The van der Waals surface area contributed by atoms with Crippen molar-refractivity contribution in [1.29, 1.82) is 0 Å². The Balaban J connectivity index is 1.88. The van der Waals surface area contributed by atoms with Crippen LogP contribution in [0.5, 0.6) is 5.75 Å². The van der Waals surface area contributed by atoms with Gasteiger partial charge in [-0.2, -0.15) is 0 Å². The number of pyridine rings is 1. The van der Waals surface area contributed by atoms with Crippen LogP contribution in [0.25, 0.3) is 10.9 Å². The fraction of sp³-hybridized carbons (Fsp3) is 0.333. The Labute approximate surface area is 183 Å². The second kappa shape index (κ2) is 9.76. The van der Waals surface area contributed by atoms with E-state index in [0.717, 1.165) is 34.3 Å². The molecular weight excluding hydrogens is 394 g/mol. The molecule has 0 aliphatic heterocycles. The lowest BCUT2D eigenvalue weighted by Gasteiger charge is -2.26. The van der Waals surface area contributed by atoms with E-state index in [1.54, 1.807) is 7.11 Å². The Morgan fingerprint density at radius 2 is 1.87 bits per heavy atom. The summed E-state index contributed by atoms with van der Waals surface area (Å²) in [6.07, 6.45) is 0. The topological polar surface area (TPSA) is 57.4 Å². The molecule has 3 aromatic rings. The first-order valence-corrected chi connectivity index (χ1v) is 10.5. The molecular formula is C24H29N3O2S. The van der Waals surface area contributed by atoms with E-state index in [2.05, 4.69) is 24.1 Å². The third kappa shape index (κ3) is 5.60. The Morgan fingerprint density at radius 1 is 1.13 bits per heavy atom. The van der Waals surface area contributed by atoms with Crippen LogP contribution in [-0.2, 0) is 13.1 Å². The van der Waals surface area contributed by atoms with Crippen LogP contribution in [0.2, 0.25) is 0 Å². The van der Waals surface area contributed by atoms with Crippen molar-refractivity contribution >= 4 is 28.2 Å². The normalized spacial score (nSPS) is 11.0. The van der Waals surface area contributed by atoms with Crippen LogP contribution in [0, 0.1) is 12.8 Å². The molecule has 30 heavy (non-hydrogen) atoms. The third-order valence-electron chi connectivity index (χ3n) is 4.92. The summed E-state index contributed by atoms with van der Waals surface area (Å²) in [6.45, 7) is 8.10. The summed E-state index contributed by atoms with van der Waals surface area (Å²) in [5.41, 5.74) is 3.67. The number of hydrogen-bond donors (Lipinski definition) is 2. The molecule has 0 saturated carbocycles. The smallest absolute Gasteiger partial charge is 0.253 e. The van der Waals surface area contributed by atoms with Gasteiger partial charge in [0.15, 0.2) is 5.11 Å². The molecule has 0 atom stereocenters. The van der Waals surface area contributed by atoms with Crippen LogP contribution < -0.4 is 15.6 Å². The van der Waals surface area contributed by atoms with Crippen molar-refractivity contribution in [3.05, 3.63) is 75.6 Å². The van der Waals surface area contributed by atoms with E-state index in [9.17, 15) is 4.79 Å². The van der Waals surface area contributed by atoms with Crippen molar-refractivity contribution in [3.8, 4) is 5.75 Å². The first-order valence-electron chi connectivity index (χ1n) is 10.1. The molecule has 0 aliphatic carbocycles. The second-order valence-corrected chi connectivity index (χ2v) is 8.39. The maximum Gasteiger partial charge on any atom is 0.253 e. The molecule has 0 unspecified atom stereocenters. The number of methoxy groups -OCH3 is 1. The highest BCUT2D eigenvalue weighted by molar-refractivity contribution is 7.80. The average Bonchev–Trinajstić information content (AvgIpc) is 2.72. The van der Waals surface area contributed by atoms with Gasteiger partial charge in [-0.15, -0.1) is 0 Å². The summed E-state index contributed by atoms with van der Waals surface area (Å²) in [5, 5.41) is 4.99. The molecule has 0 radical (unpaired) electrons. The SMILES string of the molecule is COc1ccc(CN(Cc2cc3ccc(C)cc3[nH]c2=O)C(=S)NCC(C)C)cc1. The Bertz CT molecular complexity index is 1070. The molecule has 3 rings (SSSR count). The number of H-pyrrole nitrogens is 1. The standard InChI is InChI=1S/C24H29N3O2S/c1-16(2)13-25-24(30)27(14-18-6-9-21(29-4)10-7-18)15-20-12-19-8-5-17(3)11-22(19)26-23(20)28/h5-12,16H,13-15H2,1-4H3,(H,25,30)(H,26,28). The van der Waals surface area contributed by atoms with E-state index in [1.165, 1.54) is 0 Å². The summed E-state index contributed by atoms with van der Waals surface area (Å²) >= 11 is 5.67. The average molecular weight is 424 g/mol. The van der Waals surface area contributed by atoms with Gasteiger partial charge in [0.1, 0.15) is 5.75 Å². The first kappa shape index (κ1) is 21.8. The van der Waals surface area contributed by atoms with Crippen molar-refractivity contribution < 1.29 is 4.74 Å². The van der Waals surface area contributed by atoms with Gasteiger partial charge in [0, 0.05) is 24.2 Å². The molecule has 0 aliphatic rings. The summed E-state index contributed by atoms with van der Waals surface area (Å²) in [7, 11) is 1.65. The Kier molecular flexibility index (Phi) is 7.11. The van der Waals surface area contributed by atoms with E-state index in [1.807, 2.05) is 60.4 Å². The van der Waals surface area contributed by atoms with Gasteiger partial charge >= 0.3 is 0 Å². The molecule has 0 amide bonds. The number of nitrogens with zero attached hydrogens (tertiary/aromatic N) is 1. The molecule has 2 aromatic carbocycles. The zero-order valence-electron chi connectivity index (χ0n) is 18.0. The lowest BCUT2D eigenvalue weighted by molar-refractivity contribution is 0.392. The van der Waals surface area contributed by atoms with Crippen molar-refractivity contribution in [2.45, 2.75) is 33.9 Å². The van der Waals surface area contributed by atoms with Crippen molar-refractivity contribution in [2.75, 3.05) is 13.7 Å². The molecule has 0 saturated heterocycles. The second-order valence-electron chi connectivity index (χ2n) is 8.00. The van der Waals surface area contributed by atoms with Gasteiger partial charge in [0.25, 0.3) is 5.56 Å². The molecule has 1 heterocycles. The fourth-order valence-corrected chi connectivity index (χ4v) is 3.45. The number of ether oxygens (including phenoxy) is 1. The van der Waals surface area contributed by atoms with Crippen LogP contribution in [0.1, 0.15) is 30.5 Å². The number of fused-ring (bicyclic) bond motifs is 1. The maximum atomic E-state index is 12.7. The van der Waals surface area contributed by atoms with Gasteiger partial charge in [-0.3, -0.25) is 4.79 Å². The number of thiocarbonyl (C=S) groups is 1. The number of aryl methyl sites for hydroxylation is 1. The Hall–Kier alpha value is -2.86. The highest BCUT2D eigenvalue weighted by Crippen LogP contribution is 2.17. The quantitative estimate of drug-likeness (QED) is 0.553. The molecule has 0 bridgehead atoms. The summed E-state index contributed by atoms with van der Waals surface area (Å²) in [4.78, 5) is 17.8. The molecule has 5 nitrogen and oxygen atoms in total. The summed E-state index contributed by atoms with van der Waals surface area (Å²) in [6, 6.07) is 15.9. The molecule has 6 heteroatoms. The van der Waals surface area contributed by atoms with E-state index in [-0.39, 0.29) is 5.56 Å². The van der Waals surface area contributed by atoms with E-state index in [4.69, 9.17) is 17.0 Å². The minimum atomic E-state index is -0.0838. The lowest BCUT2D eigenvalue weighted by Crippen LogP contribution is -2.41. The van der Waals surface area contributed by atoms with Gasteiger partial charge in [-0.1, -0.05) is 38.1 Å². The Morgan fingerprint density at radius 3 is 2.53 bits per heavy atom. The minimum Gasteiger partial charge on any atom is -0.497 e. The molecule has 0 spiro atoms. The number of rotatable bonds is 7. The van der Waals surface area contributed by atoms with Gasteiger partial charge in [-0.25, -0.2) is 0 Å². The minimum absolute atomic E-state index is 0.0838. The number of aromatic nitrogens is 1. The van der Waals surface area contributed by atoms with Crippen molar-refractivity contribution in [2.24, 2.45) is 5.92 Å². The fourth-order valence-electron chi connectivity index (χ4n) is 3.24. The summed E-state index contributed by atoms with van der Waals surface area (Å²) in [5.74, 6) is 1.28. The molecule has 0 fully saturated rings. The van der Waals surface area contributed by atoms with Crippen LogP contribution in [0.15, 0.2) is 53.3 Å². The van der Waals surface area contributed by atoms with Crippen LogP contribution in [0.4, 0.5) is 0 Å². The van der Waals surface area contributed by atoms with E-state index >= 15 is 0 Å². The third-order valence-corrected chi connectivity index (χ3v) is 5.32. The van der Waals surface area contributed by atoms with Gasteiger partial charge in [0.2, 0.25) is 0 Å². The van der Waals surface area contributed by atoms with Gasteiger partial charge < -0.3 is 19.9 Å². The molecule has 1 aromatic heterocycles. The highest BCUT2D eigenvalue weighted by atomic mass is 32.1. The predicted octanol–water partition coefficient (Wildman–Crippen LogP) is 4.38. The van der Waals surface area contributed by atoms with Crippen molar-refractivity contribution in [3.63, 3.8) is 0 Å². The van der Waals surface area contributed by atoms with Crippen LogP contribution in [0.3, 0.4) is 0 Å². The highest BCUT2D eigenvalue weighted by Gasteiger charge is 2.14. The summed E-state index contributed by atoms with van der Waals surface area (Å²) < 4.78 is 5.25. The maximum absolute atomic E-state index is 12.7. The largest absolute Gasteiger partial charge is 0.497 e. The monoisotopic (exact) mass is 423 g/mol. The van der Waals surface area contributed by atoms with Gasteiger partial charge in [-0.05, 0) is 65.8 Å². The number of benzene rings is 2. The number of aromatic amines is 1. The number of hydrogen-bond acceptors (Lipinski definition) is 3. The van der Waals surface area contributed by atoms with Crippen LogP contribution in [-0.4, -0.2) is 28.7 Å². The predicted molar refractivity (Wildman–Crippen MR) is 127 cm³/mol. The van der Waals surface area contributed by atoms with Crippen LogP contribution >= 0.6 is 12.2 Å². The van der Waals surface area contributed by atoms with E-state index < -0.39 is 0 Å².